The van der Waals surface area contributed by atoms with Gasteiger partial charge in [0.1, 0.15) is 11.5 Å². The minimum atomic E-state index is 0.625. The van der Waals surface area contributed by atoms with Crippen molar-refractivity contribution >= 4 is 11.4 Å². The van der Waals surface area contributed by atoms with Crippen molar-refractivity contribution in [2.45, 2.75) is 58.0 Å². The first-order valence-electron chi connectivity index (χ1n) is 16.3. The highest BCUT2D eigenvalue weighted by Gasteiger charge is 2.51. The van der Waals surface area contributed by atoms with Gasteiger partial charge >= 0.3 is 0 Å². The summed E-state index contributed by atoms with van der Waals surface area (Å²) in [5, 5.41) is 0. The number of hydrogen-bond donors (Lipinski definition) is 0. The van der Waals surface area contributed by atoms with Gasteiger partial charge < -0.3 is 19.3 Å². The van der Waals surface area contributed by atoms with E-state index in [2.05, 4.69) is 108 Å². The SMILES string of the molecule is Cc1ccc2c(c1)CN(c1ccccc1)CO2.c1ccc(N2COc3ccc(C4CC5C6CCC(C6)C5C4)cc3C2)cc1. The Hall–Kier alpha value is -3.92. The molecule has 4 unspecified atom stereocenters. The highest BCUT2D eigenvalue weighted by molar-refractivity contribution is 5.51. The van der Waals surface area contributed by atoms with Crippen LogP contribution in [0.15, 0.2) is 97.1 Å². The van der Waals surface area contributed by atoms with Crippen LogP contribution in [0, 0.1) is 30.6 Å². The molecule has 0 amide bonds. The first-order chi connectivity index (χ1) is 21.2. The maximum absolute atomic E-state index is 6.05. The molecule has 43 heavy (non-hydrogen) atoms. The summed E-state index contributed by atoms with van der Waals surface area (Å²) in [4.78, 5) is 4.57. The standard InChI is InChI=1S/C24H27NO.C15H15NO/c1-2-4-21(5-3-1)25-14-20-10-16(8-9-24(20)26-15-25)19-12-22-17-6-7-18(11-17)23(22)13-19;1-12-7-8-15-13(9-12)10-16(11-17-15)14-5-3-2-4-6-14/h1-5,8-10,17-19,22-23H,6-7,11-15H2;2-9H,10-11H2,1H3. The Morgan fingerprint density at radius 1 is 0.581 bits per heavy atom. The Kier molecular flexibility index (Phi) is 7.01. The summed E-state index contributed by atoms with van der Waals surface area (Å²) in [6.07, 6.45) is 7.46. The molecule has 4 atom stereocenters. The van der Waals surface area contributed by atoms with E-state index < -0.39 is 0 Å². The van der Waals surface area contributed by atoms with Crippen LogP contribution in [0.3, 0.4) is 0 Å². The Balaban J connectivity index is 0.000000142. The van der Waals surface area contributed by atoms with Crippen molar-refractivity contribution in [1.29, 1.82) is 0 Å². The van der Waals surface area contributed by atoms with Gasteiger partial charge in [0, 0.05) is 35.6 Å². The lowest BCUT2D eigenvalue weighted by molar-refractivity contribution is 0.259. The van der Waals surface area contributed by atoms with Gasteiger partial charge in [0.05, 0.1) is 0 Å². The molecule has 9 rings (SSSR count). The van der Waals surface area contributed by atoms with Crippen molar-refractivity contribution in [3.8, 4) is 11.5 Å². The van der Waals surface area contributed by atoms with Gasteiger partial charge in [-0.3, -0.25) is 0 Å². The molecule has 0 radical (unpaired) electrons. The van der Waals surface area contributed by atoms with Crippen LogP contribution in [-0.4, -0.2) is 13.5 Å². The molecule has 3 aliphatic carbocycles. The molecule has 4 heteroatoms. The van der Waals surface area contributed by atoms with Crippen molar-refractivity contribution in [3.05, 3.63) is 119 Å². The number of aryl methyl sites for hydroxylation is 1. The average Bonchev–Trinajstić information content (AvgIpc) is 3.80. The summed E-state index contributed by atoms with van der Waals surface area (Å²) in [6, 6.07) is 34.4. The molecular formula is C39H42N2O2. The first kappa shape index (κ1) is 26.7. The van der Waals surface area contributed by atoms with Crippen molar-refractivity contribution in [3.63, 3.8) is 0 Å². The summed E-state index contributed by atoms with van der Waals surface area (Å²) in [7, 11) is 0. The van der Waals surface area contributed by atoms with Crippen molar-refractivity contribution < 1.29 is 9.47 Å². The number of rotatable bonds is 3. The summed E-state index contributed by atoms with van der Waals surface area (Å²) < 4.78 is 11.8. The normalized spacial score (nSPS) is 26.4. The third kappa shape index (κ3) is 5.26. The zero-order valence-electron chi connectivity index (χ0n) is 25.2. The predicted octanol–water partition coefficient (Wildman–Crippen LogP) is 8.93. The smallest absolute Gasteiger partial charge is 0.161 e. The molecule has 2 bridgehead atoms. The van der Waals surface area contributed by atoms with E-state index in [1.54, 1.807) is 12.0 Å². The third-order valence-corrected chi connectivity index (χ3v) is 10.9. The van der Waals surface area contributed by atoms with Crippen LogP contribution in [0.25, 0.3) is 0 Å². The van der Waals surface area contributed by atoms with Gasteiger partial charge in [-0.25, -0.2) is 0 Å². The molecule has 4 aromatic carbocycles. The van der Waals surface area contributed by atoms with Gasteiger partial charge in [-0.2, -0.15) is 0 Å². The minimum Gasteiger partial charge on any atom is -0.473 e. The molecule has 5 aliphatic rings. The number of benzene rings is 4. The van der Waals surface area contributed by atoms with E-state index in [0.29, 0.717) is 13.5 Å². The Morgan fingerprint density at radius 3 is 1.70 bits per heavy atom. The summed E-state index contributed by atoms with van der Waals surface area (Å²) >= 11 is 0. The average molecular weight is 571 g/mol. The quantitative estimate of drug-likeness (QED) is 0.246. The van der Waals surface area contributed by atoms with E-state index >= 15 is 0 Å². The van der Waals surface area contributed by atoms with Crippen LogP contribution in [-0.2, 0) is 13.1 Å². The second kappa shape index (κ2) is 11.3. The Morgan fingerprint density at radius 2 is 1.12 bits per heavy atom. The van der Waals surface area contributed by atoms with Gasteiger partial charge in [-0.15, -0.1) is 0 Å². The maximum atomic E-state index is 6.05. The molecule has 0 N–H and O–H groups in total. The number of fused-ring (bicyclic) bond motifs is 7. The van der Waals surface area contributed by atoms with E-state index in [1.165, 1.54) is 53.7 Å². The molecule has 220 valence electrons. The van der Waals surface area contributed by atoms with E-state index in [9.17, 15) is 0 Å². The topological polar surface area (TPSA) is 24.9 Å². The summed E-state index contributed by atoms with van der Waals surface area (Å²) in [5.41, 5.74) is 7.92. The van der Waals surface area contributed by atoms with Crippen molar-refractivity contribution in [1.82, 2.24) is 0 Å². The molecule has 3 saturated carbocycles. The zero-order chi connectivity index (χ0) is 28.8. The lowest BCUT2D eigenvalue weighted by atomic mass is 9.82. The Bertz CT molecular complexity index is 1550. The van der Waals surface area contributed by atoms with Gasteiger partial charge in [-0.05, 0) is 111 Å². The van der Waals surface area contributed by atoms with Gasteiger partial charge in [0.2, 0.25) is 0 Å². The number of nitrogens with zero attached hydrogens (tertiary/aromatic N) is 2. The number of ether oxygens (including phenoxy) is 2. The summed E-state index contributed by atoms with van der Waals surface area (Å²) in [6.45, 7) is 5.26. The second-order valence-corrected chi connectivity index (χ2v) is 13.4. The van der Waals surface area contributed by atoms with Crippen LogP contribution in [0.2, 0.25) is 0 Å². The van der Waals surface area contributed by atoms with Crippen molar-refractivity contribution in [2.75, 3.05) is 23.3 Å². The van der Waals surface area contributed by atoms with Crippen LogP contribution >= 0.6 is 0 Å². The number of anilines is 2. The fourth-order valence-electron chi connectivity index (χ4n) is 8.79. The fraction of sp³-hybridized carbons (Fsp3) is 0.385. The highest BCUT2D eigenvalue weighted by Crippen LogP contribution is 2.62. The monoisotopic (exact) mass is 570 g/mol. The maximum Gasteiger partial charge on any atom is 0.161 e. The molecule has 2 aliphatic heterocycles. The largest absolute Gasteiger partial charge is 0.473 e. The third-order valence-electron chi connectivity index (χ3n) is 10.9. The lowest BCUT2D eigenvalue weighted by Gasteiger charge is -2.31. The molecule has 3 fully saturated rings. The van der Waals surface area contributed by atoms with Crippen LogP contribution in [0.5, 0.6) is 11.5 Å². The highest BCUT2D eigenvalue weighted by atomic mass is 16.5. The van der Waals surface area contributed by atoms with E-state index in [-0.39, 0.29) is 0 Å². The minimum absolute atomic E-state index is 0.625. The molecule has 0 spiro atoms. The second-order valence-electron chi connectivity index (χ2n) is 13.4. The molecular weight excluding hydrogens is 528 g/mol. The fourth-order valence-corrected chi connectivity index (χ4v) is 8.79. The summed E-state index contributed by atoms with van der Waals surface area (Å²) in [5.74, 6) is 7.07. The first-order valence-corrected chi connectivity index (χ1v) is 16.3. The van der Waals surface area contributed by atoms with E-state index in [0.717, 1.165) is 54.2 Å². The molecule has 0 saturated heterocycles. The molecule has 2 heterocycles. The van der Waals surface area contributed by atoms with E-state index in [4.69, 9.17) is 9.47 Å². The van der Waals surface area contributed by atoms with Gasteiger partial charge in [-0.1, -0.05) is 66.2 Å². The number of para-hydroxylation sites is 2. The van der Waals surface area contributed by atoms with Crippen molar-refractivity contribution in [2.24, 2.45) is 23.7 Å². The van der Waals surface area contributed by atoms with Crippen LogP contribution < -0.4 is 19.3 Å². The zero-order valence-corrected chi connectivity index (χ0v) is 25.2. The van der Waals surface area contributed by atoms with Gasteiger partial charge in [0.15, 0.2) is 13.5 Å². The number of hydrogen-bond acceptors (Lipinski definition) is 4. The van der Waals surface area contributed by atoms with Crippen LogP contribution in [0.1, 0.15) is 60.3 Å². The lowest BCUT2D eigenvalue weighted by Crippen LogP contribution is -2.31. The molecule has 4 nitrogen and oxygen atoms in total. The molecule has 4 aromatic rings. The van der Waals surface area contributed by atoms with Crippen LogP contribution in [0.4, 0.5) is 11.4 Å². The molecule has 0 aromatic heterocycles. The Labute approximate surface area is 256 Å². The van der Waals surface area contributed by atoms with Gasteiger partial charge in [0.25, 0.3) is 0 Å². The predicted molar refractivity (Wildman–Crippen MR) is 174 cm³/mol. The van der Waals surface area contributed by atoms with E-state index in [1.807, 2.05) is 6.07 Å².